The molecule has 1 aliphatic rings. The zero-order valence-electron chi connectivity index (χ0n) is 17.9. The van der Waals surface area contributed by atoms with Crippen molar-refractivity contribution in [1.29, 1.82) is 0 Å². The van der Waals surface area contributed by atoms with Gasteiger partial charge in [-0.25, -0.2) is 8.42 Å². The predicted octanol–water partition coefficient (Wildman–Crippen LogP) is 3.49. The van der Waals surface area contributed by atoms with Crippen LogP contribution in [0.2, 0.25) is 0 Å². The fourth-order valence-corrected chi connectivity index (χ4v) is 5.14. The number of sulfonamides is 1. The van der Waals surface area contributed by atoms with Gasteiger partial charge in [0.1, 0.15) is 0 Å². The third-order valence-electron chi connectivity index (χ3n) is 5.39. The summed E-state index contributed by atoms with van der Waals surface area (Å²) < 4.78 is 65.6. The number of halogens is 3. The molecule has 0 saturated carbocycles. The Hall–Kier alpha value is -2.92. The van der Waals surface area contributed by atoms with E-state index in [1.165, 1.54) is 0 Å². The molecule has 1 saturated heterocycles. The maximum Gasteiger partial charge on any atom is 0.416 e. The highest BCUT2D eigenvalue weighted by Gasteiger charge is 2.35. The normalized spacial score (nSPS) is 15.8. The number of hydrogen-bond donors (Lipinski definition) is 2. The minimum absolute atomic E-state index is 0.00532. The van der Waals surface area contributed by atoms with Crippen molar-refractivity contribution in [3.8, 4) is 0 Å². The summed E-state index contributed by atoms with van der Waals surface area (Å²) in [6, 6.07) is 10.2. The molecule has 0 radical (unpaired) electrons. The number of nitrogens with zero attached hydrogens (tertiary/aromatic N) is 1. The first-order valence-electron chi connectivity index (χ1n) is 10.4. The van der Waals surface area contributed by atoms with Crippen LogP contribution in [0.1, 0.15) is 35.7 Å². The van der Waals surface area contributed by atoms with E-state index in [9.17, 15) is 31.2 Å². The summed E-state index contributed by atoms with van der Waals surface area (Å²) in [5.74, 6) is -1.17. The van der Waals surface area contributed by atoms with E-state index in [0.717, 1.165) is 22.5 Å². The van der Waals surface area contributed by atoms with Crippen molar-refractivity contribution in [2.24, 2.45) is 5.92 Å². The molecule has 0 aliphatic carbocycles. The maximum absolute atomic E-state index is 13.0. The Labute approximate surface area is 190 Å². The van der Waals surface area contributed by atoms with Crippen LogP contribution in [0.5, 0.6) is 0 Å². The molecule has 2 N–H and O–H groups in total. The number of hydrogen-bond acceptors (Lipinski definition) is 4. The Balaban J connectivity index is 1.67. The summed E-state index contributed by atoms with van der Waals surface area (Å²) in [7, 11) is -4.13. The van der Waals surface area contributed by atoms with Gasteiger partial charge in [0.15, 0.2) is 0 Å². The van der Waals surface area contributed by atoms with Gasteiger partial charge in [-0.15, -0.1) is 0 Å². The molecule has 0 unspecified atom stereocenters. The highest BCUT2D eigenvalue weighted by Crippen LogP contribution is 2.32. The molecule has 1 aliphatic heterocycles. The standard InChI is InChI=1S/C22H24F3N3O4S/c1-2-26-21(30)18-8-3-4-9-19(18)27-20(29)15-10-12-28(13-11-15)33(31,32)17-7-5-6-16(14-17)22(23,24)25/h3-9,14-15H,2,10-13H2,1H3,(H,26,30)(H,27,29). The minimum Gasteiger partial charge on any atom is -0.352 e. The number of amides is 2. The monoisotopic (exact) mass is 483 g/mol. The van der Waals surface area contributed by atoms with Crippen molar-refractivity contribution >= 4 is 27.5 Å². The second-order valence-electron chi connectivity index (χ2n) is 7.60. The lowest BCUT2D eigenvalue weighted by Crippen LogP contribution is -2.41. The molecule has 0 bridgehead atoms. The molecule has 11 heteroatoms. The van der Waals surface area contributed by atoms with Gasteiger partial charge in [0, 0.05) is 25.6 Å². The van der Waals surface area contributed by atoms with Crippen LogP contribution in [0.4, 0.5) is 18.9 Å². The van der Waals surface area contributed by atoms with Crippen LogP contribution >= 0.6 is 0 Å². The number of benzene rings is 2. The number of rotatable bonds is 6. The molecule has 0 atom stereocenters. The van der Waals surface area contributed by atoms with Gasteiger partial charge in [0.05, 0.1) is 21.7 Å². The molecule has 0 spiro atoms. The van der Waals surface area contributed by atoms with E-state index < -0.39 is 32.6 Å². The van der Waals surface area contributed by atoms with Crippen LogP contribution < -0.4 is 10.6 Å². The van der Waals surface area contributed by atoms with Crippen LogP contribution in [0.15, 0.2) is 53.4 Å². The number of carbonyl (C=O) groups excluding carboxylic acids is 2. The van der Waals surface area contributed by atoms with Gasteiger partial charge < -0.3 is 10.6 Å². The van der Waals surface area contributed by atoms with Crippen molar-refractivity contribution in [1.82, 2.24) is 9.62 Å². The van der Waals surface area contributed by atoms with Gasteiger partial charge >= 0.3 is 6.18 Å². The molecule has 1 heterocycles. The number of nitrogens with one attached hydrogen (secondary N) is 2. The highest BCUT2D eigenvalue weighted by molar-refractivity contribution is 7.89. The molecule has 2 amide bonds. The lowest BCUT2D eigenvalue weighted by atomic mass is 9.97. The summed E-state index contributed by atoms with van der Waals surface area (Å²) in [5.41, 5.74) is -0.367. The van der Waals surface area contributed by atoms with Gasteiger partial charge in [-0.05, 0) is 50.1 Å². The molecule has 7 nitrogen and oxygen atoms in total. The van der Waals surface area contributed by atoms with Crippen molar-refractivity contribution in [3.05, 3.63) is 59.7 Å². The molecule has 33 heavy (non-hydrogen) atoms. The molecular formula is C22H24F3N3O4S. The molecule has 2 aromatic carbocycles. The zero-order chi connectivity index (χ0) is 24.2. The Kier molecular flexibility index (Phi) is 7.43. The minimum atomic E-state index is -4.65. The molecular weight excluding hydrogens is 459 g/mol. The summed E-state index contributed by atoms with van der Waals surface area (Å²) in [6.45, 7) is 2.20. The van der Waals surface area contributed by atoms with Gasteiger partial charge in [-0.2, -0.15) is 17.5 Å². The van der Waals surface area contributed by atoms with Crippen LogP contribution in [0.3, 0.4) is 0 Å². The van der Waals surface area contributed by atoms with Crippen molar-refractivity contribution < 1.29 is 31.2 Å². The number of carbonyl (C=O) groups is 2. The van der Waals surface area contributed by atoms with E-state index in [-0.39, 0.29) is 37.7 Å². The topological polar surface area (TPSA) is 95.6 Å². The second-order valence-corrected chi connectivity index (χ2v) is 9.54. The van der Waals surface area contributed by atoms with Crippen LogP contribution in [0, 0.1) is 5.92 Å². The van der Waals surface area contributed by atoms with E-state index >= 15 is 0 Å². The first-order valence-corrected chi connectivity index (χ1v) is 11.8. The van der Waals surface area contributed by atoms with Crippen molar-refractivity contribution in [2.75, 3.05) is 25.0 Å². The van der Waals surface area contributed by atoms with E-state index in [4.69, 9.17) is 0 Å². The van der Waals surface area contributed by atoms with E-state index in [0.29, 0.717) is 23.9 Å². The average molecular weight is 484 g/mol. The third-order valence-corrected chi connectivity index (χ3v) is 7.29. The zero-order valence-corrected chi connectivity index (χ0v) is 18.7. The maximum atomic E-state index is 13.0. The Morgan fingerprint density at radius 1 is 1.06 bits per heavy atom. The van der Waals surface area contributed by atoms with Crippen molar-refractivity contribution in [3.63, 3.8) is 0 Å². The van der Waals surface area contributed by atoms with Gasteiger partial charge in [-0.3, -0.25) is 9.59 Å². The van der Waals surface area contributed by atoms with Gasteiger partial charge in [0.2, 0.25) is 15.9 Å². The fourth-order valence-electron chi connectivity index (χ4n) is 3.62. The number of piperidine rings is 1. The SMILES string of the molecule is CCNC(=O)c1ccccc1NC(=O)C1CCN(S(=O)(=O)c2cccc(C(F)(F)F)c2)CC1. The summed E-state index contributed by atoms with van der Waals surface area (Å²) in [4.78, 5) is 24.5. The summed E-state index contributed by atoms with van der Waals surface area (Å²) in [5, 5.41) is 5.41. The number of para-hydroxylation sites is 1. The lowest BCUT2D eigenvalue weighted by molar-refractivity contribution is -0.137. The molecule has 2 aromatic rings. The van der Waals surface area contributed by atoms with Gasteiger partial charge in [0.25, 0.3) is 5.91 Å². The largest absolute Gasteiger partial charge is 0.416 e. The van der Waals surface area contributed by atoms with E-state index in [2.05, 4.69) is 10.6 Å². The van der Waals surface area contributed by atoms with E-state index in [1.807, 2.05) is 0 Å². The first-order chi connectivity index (χ1) is 15.5. The quantitative estimate of drug-likeness (QED) is 0.658. The Morgan fingerprint density at radius 3 is 2.36 bits per heavy atom. The van der Waals surface area contributed by atoms with E-state index in [1.54, 1.807) is 31.2 Å². The predicted molar refractivity (Wildman–Crippen MR) is 116 cm³/mol. The second kappa shape index (κ2) is 9.92. The molecule has 178 valence electrons. The average Bonchev–Trinajstić information content (AvgIpc) is 2.79. The third kappa shape index (κ3) is 5.72. The molecule has 1 fully saturated rings. The fraction of sp³-hybridized carbons (Fsp3) is 0.364. The summed E-state index contributed by atoms with van der Waals surface area (Å²) in [6.07, 6.45) is -4.25. The molecule has 3 rings (SSSR count). The first kappa shape index (κ1) is 24.7. The molecule has 0 aromatic heterocycles. The number of anilines is 1. The van der Waals surface area contributed by atoms with Crippen LogP contribution in [-0.2, 0) is 21.0 Å². The number of alkyl halides is 3. The highest BCUT2D eigenvalue weighted by atomic mass is 32.2. The van der Waals surface area contributed by atoms with Crippen molar-refractivity contribution in [2.45, 2.75) is 30.8 Å². The van der Waals surface area contributed by atoms with Gasteiger partial charge in [-0.1, -0.05) is 18.2 Å². The van der Waals surface area contributed by atoms with Crippen LogP contribution in [0.25, 0.3) is 0 Å². The summed E-state index contributed by atoms with van der Waals surface area (Å²) >= 11 is 0. The Bertz CT molecular complexity index is 1130. The lowest BCUT2D eigenvalue weighted by Gasteiger charge is -2.30. The smallest absolute Gasteiger partial charge is 0.352 e. The van der Waals surface area contributed by atoms with Crippen LogP contribution in [-0.4, -0.2) is 44.2 Å². The Morgan fingerprint density at radius 2 is 1.73 bits per heavy atom.